The highest BCUT2D eigenvalue weighted by Crippen LogP contribution is 1.71. The molecule has 0 atom stereocenters. The van der Waals surface area contributed by atoms with Crippen molar-refractivity contribution in [1.82, 2.24) is 21.3 Å². The summed E-state index contributed by atoms with van der Waals surface area (Å²) in [6.45, 7) is 26.9. The van der Waals surface area contributed by atoms with Crippen molar-refractivity contribution < 1.29 is 10.6 Å². The van der Waals surface area contributed by atoms with Crippen LogP contribution in [0.3, 0.4) is 0 Å². The third kappa shape index (κ3) is 46.1. The zero-order chi connectivity index (χ0) is 20.8. The summed E-state index contributed by atoms with van der Waals surface area (Å²) in [5.41, 5.74) is 0. The average molecular weight is 393 g/mol. The molecule has 8 N–H and O–H groups in total. The lowest BCUT2D eigenvalue weighted by Gasteiger charge is -2.00. The summed E-state index contributed by atoms with van der Waals surface area (Å²) in [7, 11) is 0. The molecule has 0 amide bonds. The molecule has 0 fully saturated rings. The maximum absolute atomic E-state index is 3.27. The van der Waals surface area contributed by atoms with E-state index in [1.165, 1.54) is 45.4 Å². The Bertz CT molecular complexity index is 154. The van der Waals surface area contributed by atoms with Crippen molar-refractivity contribution in [3.63, 3.8) is 0 Å². The highest BCUT2D eigenvalue weighted by atomic mass is 14.9. The van der Waals surface area contributed by atoms with Crippen molar-refractivity contribution in [2.75, 3.05) is 78.5 Å². The van der Waals surface area contributed by atoms with E-state index in [0.29, 0.717) is 0 Å². The standard InChI is InChI=1S/3C7H18N2/c3*1-3-8-6-5-7-9-4-2/h3*8-9H,3-7H2,1-2H3/p+2. The van der Waals surface area contributed by atoms with Gasteiger partial charge in [-0.1, -0.05) is 27.7 Å². The molecule has 0 saturated carbocycles. The molecule has 0 bridgehead atoms. The molecule has 6 nitrogen and oxygen atoms in total. The molecule has 0 rings (SSSR count). The van der Waals surface area contributed by atoms with Gasteiger partial charge in [0, 0.05) is 6.42 Å². The fraction of sp³-hybridized carbons (Fsp3) is 1.00. The summed E-state index contributed by atoms with van der Waals surface area (Å²) in [5, 5.41) is 17.8. The van der Waals surface area contributed by atoms with Crippen LogP contribution < -0.4 is 31.9 Å². The van der Waals surface area contributed by atoms with Crippen molar-refractivity contribution in [2.45, 2.75) is 60.8 Å². The molecular weight excluding hydrogens is 336 g/mol. The molecule has 0 aliphatic heterocycles. The van der Waals surface area contributed by atoms with Gasteiger partial charge >= 0.3 is 0 Å². The van der Waals surface area contributed by atoms with E-state index in [-0.39, 0.29) is 0 Å². The van der Waals surface area contributed by atoms with E-state index in [9.17, 15) is 0 Å². The molecule has 0 radical (unpaired) electrons. The maximum atomic E-state index is 3.27. The van der Waals surface area contributed by atoms with Gasteiger partial charge in [0.05, 0.1) is 26.2 Å². The van der Waals surface area contributed by atoms with Gasteiger partial charge in [-0.05, 0) is 79.0 Å². The van der Waals surface area contributed by atoms with E-state index >= 15 is 0 Å². The maximum Gasteiger partial charge on any atom is 0.0809 e. The molecule has 0 unspecified atom stereocenters. The van der Waals surface area contributed by atoms with Crippen molar-refractivity contribution in [3.8, 4) is 0 Å². The molecule has 168 valence electrons. The first-order valence-electron chi connectivity index (χ1n) is 11.7. The lowest BCUT2D eigenvalue weighted by molar-refractivity contribution is -0.677. The van der Waals surface area contributed by atoms with Crippen molar-refractivity contribution in [2.24, 2.45) is 0 Å². The molecule has 0 aromatic rings. The van der Waals surface area contributed by atoms with Crippen molar-refractivity contribution in [3.05, 3.63) is 0 Å². The van der Waals surface area contributed by atoms with Crippen LogP contribution in [0.15, 0.2) is 0 Å². The average Bonchev–Trinajstić information content (AvgIpc) is 2.69. The summed E-state index contributed by atoms with van der Waals surface area (Å²) in [6.07, 6.45) is 3.82. The van der Waals surface area contributed by atoms with Crippen LogP contribution in [-0.2, 0) is 0 Å². The molecule has 6 heteroatoms. The Balaban J connectivity index is -0.000000320. The second-order valence-electron chi connectivity index (χ2n) is 6.45. The summed E-state index contributed by atoms with van der Waals surface area (Å²) < 4.78 is 0. The van der Waals surface area contributed by atoms with E-state index in [0.717, 1.165) is 52.4 Å². The zero-order valence-electron chi connectivity index (χ0n) is 19.8. The van der Waals surface area contributed by atoms with E-state index in [4.69, 9.17) is 0 Å². The topological polar surface area (TPSA) is 81.3 Å². The predicted molar refractivity (Wildman–Crippen MR) is 123 cm³/mol. The monoisotopic (exact) mass is 392 g/mol. The van der Waals surface area contributed by atoms with Crippen LogP contribution in [0.5, 0.6) is 0 Å². The smallest absolute Gasteiger partial charge is 0.0809 e. The second-order valence-corrected chi connectivity index (χ2v) is 6.45. The van der Waals surface area contributed by atoms with E-state index in [2.05, 4.69) is 73.4 Å². The van der Waals surface area contributed by atoms with E-state index < -0.39 is 0 Å². The highest BCUT2D eigenvalue weighted by Gasteiger charge is 1.88. The predicted octanol–water partition coefficient (Wildman–Crippen LogP) is -0.266. The first-order valence-corrected chi connectivity index (χ1v) is 11.7. The minimum Gasteiger partial charge on any atom is -0.346 e. The Morgan fingerprint density at radius 3 is 0.963 bits per heavy atom. The second kappa shape index (κ2) is 36.6. The molecule has 0 spiro atoms. The third-order valence-electron chi connectivity index (χ3n) is 3.81. The Hall–Kier alpha value is -0.240. The van der Waals surface area contributed by atoms with Gasteiger partial charge in [-0.2, -0.15) is 0 Å². The number of hydrogen-bond acceptors (Lipinski definition) is 4. The number of hydrogen-bond donors (Lipinski definition) is 6. The fourth-order valence-corrected chi connectivity index (χ4v) is 2.20. The van der Waals surface area contributed by atoms with Crippen LogP contribution in [0.1, 0.15) is 60.8 Å². The minimum absolute atomic E-state index is 1.09. The first kappa shape index (κ1) is 31.5. The summed E-state index contributed by atoms with van der Waals surface area (Å²) in [4.78, 5) is 0. The number of nitrogens with two attached hydrogens (primary N) is 2. The Kier molecular flexibility index (Phi) is 42.7. The summed E-state index contributed by atoms with van der Waals surface area (Å²) in [6, 6.07) is 0. The molecule has 0 aromatic carbocycles. The Morgan fingerprint density at radius 2 is 0.741 bits per heavy atom. The van der Waals surface area contributed by atoms with Crippen molar-refractivity contribution in [1.29, 1.82) is 0 Å². The lowest BCUT2D eigenvalue weighted by Crippen LogP contribution is -2.87. The molecule has 0 aliphatic carbocycles. The van der Waals surface area contributed by atoms with Gasteiger partial charge in [-0.3, -0.25) is 0 Å². The van der Waals surface area contributed by atoms with Crippen LogP contribution in [0.25, 0.3) is 0 Å². The van der Waals surface area contributed by atoms with Crippen LogP contribution >= 0.6 is 0 Å². The quantitative estimate of drug-likeness (QED) is 0.182. The minimum atomic E-state index is 1.09. The SMILES string of the molecule is CCNCCCNCC.CCNCCCNCC.CC[NH2+]CCC[NH2+]CC. The van der Waals surface area contributed by atoms with Crippen LogP contribution in [-0.4, -0.2) is 78.5 Å². The molecule has 0 aliphatic rings. The number of nitrogens with one attached hydrogen (secondary N) is 4. The molecular formula is C21H56N6+2. The van der Waals surface area contributed by atoms with Gasteiger partial charge in [-0.15, -0.1) is 0 Å². The zero-order valence-corrected chi connectivity index (χ0v) is 19.8. The lowest BCUT2D eigenvalue weighted by atomic mass is 10.4. The molecule has 0 saturated heterocycles. The fourth-order valence-electron chi connectivity index (χ4n) is 2.20. The van der Waals surface area contributed by atoms with Gasteiger partial charge in [0.1, 0.15) is 0 Å². The van der Waals surface area contributed by atoms with Gasteiger partial charge < -0.3 is 31.9 Å². The van der Waals surface area contributed by atoms with Gasteiger partial charge in [-0.25, -0.2) is 0 Å². The van der Waals surface area contributed by atoms with E-state index in [1.54, 1.807) is 0 Å². The van der Waals surface area contributed by atoms with Gasteiger partial charge in [0.15, 0.2) is 0 Å². The summed E-state index contributed by atoms with van der Waals surface area (Å²) >= 11 is 0. The van der Waals surface area contributed by atoms with E-state index in [1.807, 2.05) is 0 Å². The Labute approximate surface area is 171 Å². The van der Waals surface area contributed by atoms with Crippen LogP contribution in [0, 0.1) is 0 Å². The van der Waals surface area contributed by atoms with Gasteiger partial charge in [0.2, 0.25) is 0 Å². The van der Waals surface area contributed by atoms with Crippen LogP contribution in [0.4, 0.5) is 0 Å². The number of rotatable bonds is 18. The largest absolute Gasteiger partial charge is 0.346 e. The molecule has 27 heavy (non-hydrogen) atoms. The van der Waals surface area contributed by atoms with Crippen LogP contribution in [0.2, 0.25) is 0 Å². The first-order chi connectivity index (χ1) is 13.2. The third-order valence-corrected chi connectivity index (χ3v) is 3.81. The molecule has 0 aromatic heterocycles. The number of quaternary nitrogens is 2. The summed E-state index contributed by atoms with van der Waals surface area (Å²) in [5.74, 6) is 0. The Morgan fingerprint density at radius 1 is 0.444 bits per heavy atom. The normalized spacial score (nSPS) is 10.0. The highest BCUT2D eigenvalue weighted by molar-refractivity contribution is 4.47. The molecule has 0 heterocycles. The van der Waals surface area contributed by atoms with Gasteiger partial charge in [0.25, 0.3) is 0 Å². The van der Waals surface area contributed by atoms with Crippen molar-refractivity contribution >= 4 is 0 Å².